The van der Waals surface area contributed by atoms with E-state index in [1.807, 2.05) is 6.92 Å². The highest BCUT2D eigenvalue weighted by Gasteiger charge is 2.33. The molecule has 1 aromatic carbocycles. The van der Waals surface area contributed by atoms with E-state index < -0.39 is 5.69 Å². The Hall–Kier alpha value is -2.57. The van der Waals surface area contributed by atoms with Crippen molar-refractivity contribution in [3.8, 4) is 5.75 Å². The molecule has 7 heteroatoms. The molecule has 0 saturated heterocycles. The van der Waals surface area contributed by atoms with Crippen LogP contribution in [0.4, 0.5) is 10.5 Å². The fourth-order valence-corrected chi connectivity index (χ4v) is 2.26. The summed E-state index contributed by atoms with van der Waals surface area (Å²) in [5.74, 6) is 1.12. The Labute approximate surface area is 115 Å². The summed E-state index contributed by atoms with van der Waals surface area (Å²) in [6.07, 6.45) is 0. The maximum atomic E-state index is 12.3. The number of carbonyl (C=O) groups is 1. The SMILES string of the molecule is CCn1nc2n(c1=O)C(=O)N(c1cccc(OC)c1)C2. The number of hydrogen-bond donors (Lipinski definition) is 0. The summed E-state index contributed by atoms with van der Waals surface area (Å²) >= 11 is 0. The van der Waals surface area contributed by atoms with Gasteiger partial charge in [-0.2, -0.15) is 9.67 Å². The summed E-state index contributed by atoms with van der Waals surface area (Å²) in [5, 5.41) is 4.15. The molecule has 0 unspecified atom stereocenters. The molecule has 1 aliphatic rings. The van der Waals surface area contributed by atoms with E-state index in [2.05, 4.69) is 5.10 Å². The maximum Gasteiger partial charge on any atom is 0.354 e. The van der Waals surface area contributed by atoms with Gasteiger partial charge in [0.05, 0.1) is 13.7 Å². The van der Waals surface area contributed by atoms with Gasteiger partial charge in [0.2, 0.25) is 0 Å². The summed E-state index contributed by atoms with van der Waals surface area (Å²) < 4.78 is 7.54. The van der Waals surface area contributed by atoms with Crippen molar-refractivity contribution >= 4 is 11.7 Å². The van der Waals surface area contributed by atoms with Gasteiger partial charge in [-0.05, 0) is 19.1 Å². The molecule has 1 aromatic heterocycles. The Balaban J connectivity index is 2.00. The molecule has 7 nitrogen and oxygen atoms in total. The molecule has 0 aliphatic carbocycles. The molecule has 0 bridgehead atoms. The number of benzene rings is 1. The smallest absolute Gasteiger partial charge is 0.354 e. The second kappa shape index (κ2) is 4.52. The molecule has 3 rings (SSSR count). The van der Waals surface area contributed by atoms with Gasteiger partial charge in [0.1, 0.15) is 5.75 Å². The standard InChI is InChI=1S/C13H14N4O3/c1-3-16-13(19)17-11(14-16)8-15(12(17)18)9-5-4-6-10(7-9)20-2/h4-7H,3,8H2,1-2H3. The third-order valence-corrected chi connectivity index (χ3v) is 3.29. The highest BCUT2D eigenvalue weighted by Crippen LogP contribution is 2.25. The first-order chi connectivity index (χ1) is 9.65. The number of rotatable bonds is 3. The van der Waals surface area contributed by atoms with Gasteiger partial charge in [-0.3, -0.25) is 4.90 Å². The molecule has 20 heavy (non-hydrogen) atoms. The molecular formula is C13H14N4O3. The quantitative estimate of drug-likeness (QED) is 0.839. The van der Waals surface area contributed by atoms with Crippen LogP contribution in [0.2, 0.25) is 0 Å². The number of fused-ring (bicyclic) bond motifs is 1. The first-order valence-corrected chi connectivity index (χ1v) is 6.30. The Kier molecular flexibility index (Phi) is 2.81. The van der Waals surface area contributed by atoms with Gasteiger partial charge < -0.3 is 4.74 Å². The van der Waals surface area contributed by atoms with Crippen molar-refractivity contribution in [3.05, 3.63) is 40.6 Å². The number of anilines is 1. The van der Waals surface area contributed by atoms with E-state index >= 15 is 0 Å². The minimum Gasteiger partial charge on any atom is -0.497 e. The van der Waals surface area contributed by atoms with Gasteiger partial charge in [0.25, 0.3) is 0 Å². The number of ether oxygens (including phenoxy) is 1. The van der Waals surface area contributed by atoms with Crippen molar-refractivity contribution in [2.75, 3.05) is 12.0 Å². The Morgan fingerprint density at radius 1 is 1.35 bits per heavy atom. The largest absolute Gasteiger partial charge is 0.497 e. The highest BCUT2D eigenvalue weighted by atomic mass is 16.5. The van der Waals surface area contributed by atoms with Crippen LogP contribution in [-0.2, 0) is 13.1 Å². The van der Waals surface area contributed by atoms with Crippen LogP contribution in [0.25, 0.3) is 0 Å². The lowest BCUT2D eigenvalue weighted by molar-refractivity contribution is 0.250. The van der Waals surface area contributed by atoms with Gasteiger partial charge in [0, 0.05) is 18.3 Å². The van der Waals surface area contributed by atoms with Crippen molar-refractivity contribution in [1.82, 2.24) is 14.3 Å². The first-order valence-electron chi connectivity index (χ1n) is 6.30. The molecule has 0 spiro atoms. The zero-order valence-corrected chi connectivity index (χ0v) is 11.2. The average Bonchev–Trinajstić information content (AvgIpc) is 2.96. The van der Waals surface area contributed by atoms with Crippen LogP contribution >= 0.6 is 0 Å². The molecule has 0 radical (unpaired) electrons. The molecule has 0 atom stereocenters. The van der Waals surface area contributed by atoms with Crippen molar-refractivity contribution in [2.24, 2.45) is 0 Å². The predicted octanol–water partition coefficient (Wildman–Crippen LogP) is 1.06. The Bertz CT molecular complexity index is 731. The molecule has 1 amide bonds. The minimum atomic E-state index is -0.391. The molecule has 2 aromatic rings. The van der Waals surface area contributed by atoms with Crippen LogP contribution in [0.15, 0.2) is 29.1 Å². The van der Waals surface area contributed by atoms with Gasteiger partial charge in [-0.15, -0.1) is 0 Å². The van der Waals surface area contributed by atoms with Crippen LogP contribution in [-0.4, -0.2) is 27.5 Å². The van der Waals surface area contributed by atoms with E-state index in [9.17, 15) is 9.59 Å². The van der Waals surface area contributed by atoms with Crippen molar-refractivity contribution in [3.63, 3.8) is 0 Å². The molecule has 0 saturated carbocycles. The second-order valence-electron chi connectivity index (χ2n) is 4.42. The second-order valence-corrected chi connectivity index (χ2v) is 4.42. The van der Waals surface area contributed by atoms with Crippen LogP contribution in [0.5, 0.6) is 5.75 Å². The van der Waals surface area contributed by atoms with E-state index in [0.29, 0.717) is 23.8 Å². The predicted molar refractivity (Wildman–Crippen MR) is 72.1 cm³/mol. The molecule has 0 N–H and O–H groups in total. The number of methoxy groups -OCH3 is 1. The molecule has 0 fully saturated rings. The number of aromatic nitrogens is 3. The number of carbonyl (C=O) groups excluding carboxylic acids is 1. The summed E-state index contributed by atoms with van der Waals surface area (Å²) in [4.78, 5) is 25.8. The summed E-state index contributed by atoms with van der Waals surface area (Å²) in [6, 6.07) is 6.77. The number of hydrogen-bond acceptors (Lipinski definition) is 4. The van der Waals surface area contributed by atoms with Crippen molar-refractivity contribution in [2.45, 2.75) is 20.0 Å². The van der Waals surface area contributed by atoms with E-state index in [4.69, 9.17) is 4.74 Å². The number of amides is 1. The zero-order chi connectivity index (χ0) is 14.3. The zero-order valence-electron chi connectivity index (χ0n) is 11.2. The van der Waals surface area contributed by atoms with Crippen molar-refractivity contribution in [1.29, 1.82) is 0 Å². The van der Waals surface area contributed by atoms with Gasteiger partial charge in [-0.25, -0.2) is 14.3 Å². The third kappa shape index (κ3) is 1.70. The van der Waals surface area contributed by atoms with E-state index in [0.717, 1.165) is 4.57 Å². The van der Waals surface area contributed by atoms with E-state index in [1.165, 1.54) is 9.58 Å². The van der Waals surface area contributed by atoms with Crippen LogP contribution in [0.1, 0.15) is 12.7 Å². The van der Waals surface area contributed by atoms with Crippen LogP contribution < -0.4 is 15.3 Å². The average molecular weight is 274 g/mol. The maximum absolute atomic E-state index is 12.3. The summed E-state index contributed by atoms with van der Waals surface area (Å²) in [7, 11) is 1.57. The lowest BCUT2D eigenvalue weighted by atomic mass is 10.3. The topological polar surface area (TPSA) is 69.4 Å². The lowest BCUT2D eigenvalue weighted by Crippen LogP contribution is -2.34. The van der Waals surface area contributed by atoms with Crippen molar-refractivity contribution < 1.29 is 9.53 Å². The first kappa shape index (κ1) is 12.5. The molecule has 2 heterocycles. The van der Waals surface area contributed by atoms with Crippen LogP contribution in [0.3, 0.4) is 0 Å². The Morgan fingerprint density at radius 3 is 2.80 bits per heavy atom. The van der Waals surface area contributed by atoms with Gasteiger partial charge in [-0.1, -0.05) is 6.07 Å². The summed E-state index contributed by atoms with van der Waals surface area (Å²) in [6.45, 7) is 2.55. The normalized spacial score (nSPS) is 13.7. The summed E-state index contributed by atoms with van der Waals surface area (Å²) in [5.41, 5.74) is 0.292. The van der Waals surface area contributed by atoms with Crippen LogP contribution in [0, 0.1) is 0 Å². The minimum absolute atomic E-state index is 0.286. The fraction of sp³-hybridized carbons (Fsp3) is 0.308. The fourth-order valence-electron chi connectivity index (χ4n) is 2.26. The van der Waals surface area contributed by atoms with E-state index in [-0.39, 0.29) is 12.6 Å². The number of nitrogens with zero attached hydrogens (tertiary/aromatic N) is 4. The number of aryl methyl sites for hydroxylation is 1. The Morgan fingerprint density at radius 2 is 2.15 bits per heavy atom. The van der Waals surface area contributed by atoms with Gasteiger partial charge >= 0.3 is 11.7 Å². The lowest BCUT2D eigenvalue weighted by Gasteiger charge is -2.15. The molecular weight excluding hydrogens is 260 g/mol. The highest BCUT2D eigenvalue weighted by molar-refractivity contribution is 5.96. The van der Waals surface area contributed by atoms with E-state index in [1.54, 1.807) is 31.4 Å². The molecule has 1 aliphatic heterocycles. The molecule has 104 valence electrons. The monoisotopic (exact) mass is 274 g/mol. The van der Waals surface area contributed by atoms with Gasteiger partial charge in [0.15, 0.2) is 5.82 Å². The third-order valence-electron chi connectivity index (χ3n) is 3.29.